The van der Waals surface area contributed by atoms with Gasteiger partial charge in [0.25, 0.3) is 0 Å². The second-order valence-electron chi connectivity index (χ2n) is 8.47. The monoisotopic (exact) mass is 536 g/mol. The van der Waals surface area contributed by atoms with Crippen molar-refractivity contribution < 1.29 is 18.0 Å². The van der Waals surface area contributed by atoms with Crippen LogP contribution in [0.2, 0.25) is 10.0 Å². The Morgan fingerprint density at radius 3 is 2.57 bits per heavy atom. The number of halogens is 2. The van der Waals surface area contributed by atoms with Crippen molar-refractivity contribution in [1.29, 1.82) is 0 Å². The van der Waals surface area contributed by atoms with E-state index >= 15 is 0 Å². The van der Waals surface area contributed by atoms with Crippen molar-refractivity contribution in [2.75, 3.05) is 13.6 Å². The molecule has 0 unspecified atom stereocenters. The van der Waals surface area contributed by atoms with E-state index < -0.39 is 28.0 Å². The molecule has 2 aromatic carbocycles. The molecule has 1 fully saturated rings. The van der Waals surface area contributed by atoms with Crippen LogP contribution >= 0.6 is 23.2 Å². The first-order chi connectivity index (χ1) is 16.7. The summed E-state index contributed by atoms with van der Waals surface area (Å²) in [5.74, 6) is -0.884. The molecule has 1 aliphatic rings. The first-order valence-electron chi connectivity index (χ1n) is 11.3. The summed E-state index contributed by atoms with van der Waals surface area (Å²) < 4.78 is 28.0. The highest BCUT2D eigenvalue weighted by molar-refractivity contribution is 7.89. The first-order valence-corrected chi connectivity index (χ1v) is 13.4. The summed E-state index contributed by atoms with van der Waals surface area (Å²) in [6, 6.07) is 9.93. The van der Waals surface area contributed by atoms with Crippen molar-refractivity contribution in [3.8, 4) is 0 Å². The number of piperidine rings is 1. The van der Waals surface area contributed by atoms with Crippen LogP contribution in [0.15, 0.2) is 53.6 Å². The van der Waals surface area contributed by atoms with Crippen molar-refractivity contribution in [3.63, 3.8) is 0 Å². The van der Waals surface area contributed by atoms with E-state index in [1.165, 1.54) is 29.6 Å². The molecular weight excluding hydrogens is 511 g/mol. The van der Waals surface area contributed by atoms with Gasteiger partial charge in [-0.2, -0.15) is 4.31 Å². The predicted molar refractivity (Wildman–Crippen MR) is 136 cm³/mol. The number of carbonyl (C=O) groups excluding carboxylic acids is 2. The van der Waals surface area contributed by atoms with E-state index in [1.807, 2.05) is 30.5 Å². The zero-order valence-electron chi connectivity index (χ0n) is 19.1. The molecule has 2 heterocycles. The van der Waals surface area contributed by atoms with Crippen molar-refractivity contribution in [3.05, 3.63) is 64.3 Å². The number of sulfonamides is 1. The number of aromatic nitrogens is 1. The van der Waals surface area contributed by atoms with Gasteiger partial charge < -0.3 is 15.6 Å². The van der Waals surface area contributed by atoms with Gasteiger partial charge in [0, 0.05) is 47.2 Å². The fraction of sp³-hybridized carbons (Fsp3) is 0.333. The summed E-state index contributed by atoms with van der Waals surface area (Å²) in [7, 11) is -2.55. The van der Waals surface area contributed by atoms with Gasteiger partial charge in [0.15, 0.2) is 0 Å². The smallest absolute Gasteiger partial charge is 0.243 e. The lowest BCUT2D eigenvalue weighted by Crippen LogP contribution is -2.56. The van der Waals surface area contributed by atoms with Crippen molar-refractivity contribution in [1.82, 2.24) is 19.9 Å². The Labute approximate surface area is 214 Å². The highest BCUT2D eigenvalue weighted by atomic mass is 35.5. The van der Waals surface area contributed by atoms with E-state index in [2.05, 4.69) is 15.6 Å². The molecule has 2 amide bonds. The number of nitrogens with zero attached hydrogens (tertiary/aromatic N) is 1. The maximum atomic E-state index is 13.4. The molecule has 1 saturated heterocycles. The Balaban J connectivity index is 1.59. The topological polar surface area (TPSA) is 111 Å². The van der Waals surface area contributed by atoms with E-state index in [0.717, 1.165) is 16.5 Å². The van der Waals surface area contributed by atoms with Crippen LogP contribution in [-0.2, 0) is 26.0 Å². The number of hydrogen-bond acceptors (Lipinski definition) is 4. The van der Waals surface area contributed by atoms with Crippen LogP contribution in [0, 0.1) is 0 Å². The SMILES string of the molecule is CNC(=O)[C@H](Cc1c[nH]c2ccccc12)NC(=O)[C@@H]1CCCCN1S(=O)(=O)c1cc(Cl)cc(Cl)c1. The van der Waals surface area contributed by atoms with E-state index in [1.54, 1.807) is 0 Å². The fourth-order valence-electron chi connectivity index (χ4n) is 4.44. The molecule has 0 radical (unpaired) electrons. The zero-order chi connectivity index (χ0) is 25.2. The van der Waals surface area contributed by atoms with Gasteiger partial charge in [0.2, 0.25) is 21.8 Å². The highest BCUT2D eigenvalue weighted by Gasteiger charge is 2.39. The molecule has 0 spiro atoms. The number of nitrogens with one attached hydrogen (secondary N) is 3. The van der Waals surface area contributed by atoms with Crippen LogP contribution < -0.4 is 10.6 Å². The van der Waals surface area contributed by atoms with Gasteiger partial charge in [-0.3, -0.25) is 9.59 Å². The predicted octanol–water partition coefficient (Wildman–Crippen LogP) is 3.49. The van der Waals surface area contributed by atoms with Gasteiger partial charge in [-0.05, 0) is 42.7 Å². The van der Waals surface area contributed by atoms with E-state index in [0.29, 0.717) is 19.3 Å². The summed E-state index contributed by atoms with van der Waals surface area (Å²) in [6.07, 6.45) is 3.71. The van der Waals surface area contributed by atoms with Crippen molar-refractivity contribution in [2.24, 2.45) is 0 Å². The molecule has 8 nitrogen and oxygen atoms in total. The average molecular weight is 537 g/mol. The fourth-order valence-corrected chi connectivity index (χ4v) is 6.82. The number of carbonyl (C=O) groups is 2. The molecule has 2 atom stereocenters. The molecule has 11 heteroatoms. The average Bonchev–Trinajstić information content (AvgIpc) is 3.25. The minimum absolute atomic E-state index is 0.0728. The largest absolute Gasteiger partial charge is 0.361 e. The summed E-state index contributed by atoms with van der Waals surface area (Å²) >= 11 is 12.1. The number of fused-ring (bicyclic) bond motifs is 1. The second-order valence-corrected chi connectivity index (χ2v) is 11.2. The van der Waals surface area contributed by atoms with Gasteiger partial charge in [-0.1, -0.05) is 47.8 Å². The first kappa shape index (κ1) is 25.5. The number of H-pyrrole nitrogens is 1. The number of rotatable bonds is 7. The van der Waals surface area contributed by atoms with Gasteiger partial charge in [0.1, 0.15) is 12.1 Å². The summed E-state index contributed by atoms with van der Waals surface area (Å²) in [5, 5.41) is 6.71. The number of benzene rings is 2. The third kappa shape index (κ3) is 5.48. The summed E-state index contributed by atoms with van der Waals surface area (Å²) in [4.78, 5) is 29.2. The summed E-state index contributed by atoms with van der Waals surface area (Å²) in [5.41, 5.74) is 1.80. The molecule has 0 aliphatic carbocycles. The van der Waals surface area contributed by atoms with Gasteiger partial charge in [-0.15, -0.1) is 0 Å². The Morgan fingerprint density at radius 1 is 1.14 bits per heavy atom. The van der Waals surface area contributed by atoms with E-state index in [4.69, 9.17) is 23.2 Å². The minimum atomic E-state index is -4.04. The number of hydrogen-bond donors (Lipinski definition) is 3. The molecule has 0 saturated carbocycles. The lowest BCUT2D eigenvalue weighted by molar-refractivity contribution is -0.131. The highest BCUT2D eigenvalue weighted by Crippen LogP contribution is 2.29. The molecule has 35 heavy (non-hydrogen) atoms. The lowest BCUT2D eigenvalue weighted by atomic mass is 10.0. The normalized spacial score (nSPS) is 17.7. The van der Waals surface area contributed by atoms with Crippen LogP contribution in [0.4, 0.5) is 0 Å². The second kappa shape index (κ2) is 10.6. The van der Waals surface area contributed by atoms with Gasteiger partial charge >= 0.3 is 0 Å². The number of aromatic amines is 1. The van der Waals surface area contributed by atoms with E-state index in [-0.39, 0.29) is 33.8 Å². The number of para-hydroxylation sites is 1. The van der Waals surface area contributed by atoms with Gasteiger partial charge in [-0.25, -0.2) is 8.42 Å². The summed E-state index contributed by atoms with van der Waals surface area (Å²) in [6.45, 7) is 0.178. The van der Waals surface area contributed by atoms with Gasteiger partial charge in [0.05, 0.1) is 4.90 Å². The van der Waals surface area contributed by atoms with Crippen LogP contribution in [-0.4, -0.2) is 55.2 Å². The third-order valence-electron chi connectivity index (χ3n) is 6.18. The Morgan fingerprint density at radius 2 is 1.86 bits per heavy atom. The molecule has 1 aliphatic heterocycles. The molecule has 3 aromatic rings. The van der Waals surface area contributed by atoms with Crippen LogP contribution in [0.5, 0.6) is 0 Å². The lowest BCUT2D eigenvalue weighted by Gasteiger charge is -2.34. The maximum Gasteiger partial charge on any atom is 0.243 e. The maximum absolute atomic E-state index is 13.4. The van der Waals surface area contributed by atoms with Crippen LogP contribution in [0.1, 0.15) is 24.8 Å². The Bertz CT molecular complexity index is 1340. The molecule has 3 N–H and O–H groups in total. The standard InChI is InChI=1S/C24H26Cl2N4O4S/c1-27-23(31)21(10-15-14-28-20-7-3-2-6-19(15)20)29-24(32)22-8-4-5-9-30(22)35(33,34)18-12-16(25)11-17(26)13-18/h2-3,6-7,11-14,21-22,28H,4-5,8-10H2,1H3,(H,27,31)(H,29,32)/t21-,22-/m0/s1. The minimum Gasteiger partial charge on any atom is -0.361 e. The Kier molecular flexibility index (Phi) is 7.70. The quantitative estimate of drug-likeness (QED) is 0.429. The molecule has 0 bridgehead atoms. The number of amides is 2. The van der Waals surface area contributed by atoms with E-state index in [9.17, 15) is 18.0 Å². The Hall–Kier alpha value is -2.59. The molecule has 1 aromatic heterocycles. The number of likely N-dealkylation sites (N-methyl/N-ethyl adjacent to an activating group) is 1. The molecular formula is C24H26Cl2N4O4S. The molecule has 4 rings (SSSR count). The zero-order valence-corrected chi connectivity index (χ0v) is 21.4. The third-order valence-corrected chi connectivity index (χ3v) is 8.50. The van der Waals surface area contributed by atoms with Crippen molar-refractivity contribution in [2.45, 2.75) is 42.7 Å². The van der Waals surface area contributed by atoms with Crippen LogP contribution in [0.3, 0.4) is 0 Å². The molecule has 186 valence electrons. The van der Waals surface area contributed by atoms with Crippen molar-refractivity contribution >= 4 is 55.9 Å². The van der Waals surface area contributed by atoms with Crippen LogP contribution in [0.25, 0.3) is 10.9 Å².